The number of halogens is 1. The molecule has 0 atom stereocenters. The van der Waals surface area contributed by atoms with Gasteiger partial charge in [0.1, 0.15) is 17.1 Å². The lowest BCUT2D eigenvalue weighted by atomic mass is 10.1. The van der Waals surface area contributed by atoms with Crippen molar-refractivity contribution in [1.29, 1.82) is 0 Å². The molecule has 1 aromatic heterocycles. The normalized spacial score (nSPS) is 10.6. The molecule has 1 heterocycles. The number of carbonyl (C=O) groups excluding carboxylic acids is 1. The third-order valence-corrected chi connectivity index (χ3v) is 3.06. The summed E-state index contributed by atoms with van der Waals surface area (Å²) < 4.78 is 10.7. The molecule has 0 unspecified atom stereocenters. The Morgan fingerprint density at radius 1 is 1.35 bits per heavy atom. The van der Waals surface area contributed by atoms with Crippen LogP contribution in [-0.2, 0) is 11.2 Å². The number of ether oxygens (including phenoxy) is 1. The van der Waals surface area contributed by atoms with E-state index >= 15 is 0 Å². The molecule has 4 nitrogen and oxygen atoms in total. The van der Waals surface area contributed by atoms with Gasteiger partial charge in [-0.25, -0.2) is 4.79 Å². The fraction of sp³-hybridized carbons (Fsp3) is 0.267. The van der Waals surface area contributed by atoms with Crippen LogP contribution >= 0.6 is 11.6 Å². The van der Waals surface area contributed by atoms with Crippen molar-refractivity contribution >= 4 is 17.6 Å². The number of benzene rings is 1. The van der Waals surface area contributed by atoms with E-state index in [-0.39, 0.29) is 5.97 Å². The molecule has 0 spiro atoms. The second-order valence-electron chi connectivity index (χ2n) is 4.21. The van der Waals surface area contributed by atoms with E-state index in [1.807, 2.05) is 12.1 Å². The van der Waals surface area contributed by atoms with Crippen molar-refractivity contribution < 1.29 is 13.9 Å². The summed E-state index contributed by atoms with van der Waals surface area (Å²) in [7, 11) is 0. The van der Waals surface area contributed by atoms with Crippen LogP contribution < -0.4 is 5.73 Å². The maximum absolute atomic E-state index is 11.9. The molecule has 1 aromatic carbocycles. The van der Waals surface area contributed by atoms with Gasteiger partial charge >= 0.3 is 5.97 Å². The molecule has 0 aliphatic carbocycles. The first-order valence-electron chi connectivity index (χ1n) is 6.41. The number of hydrogen-bond donors (Lipinski definition) is 1. The standard InChI is InChI=1S/C15H16ClNO3/c1-2-19-15(18)12-9-14(20-13(12)7-8-17)10-3-5-11(16)6-4-10/h3-6,9H,2,7-8,17H2,1H3. The molecule has 20 heavy (non-hydrogen) atoms. The number of carbonyl (C=O) groups is 1. The molecule has 0 saturated carbocycles. The van der Waals surface area contributed by atoms with Crippen molar-refractivity contribution in [3.8, 4) is 11.3 Å². The molecule has 0 aliphatic heterocycles. The minimum atomic E-state index is -0.389. The van der Waals surface area contributed by atoms with Crippen LogP contribution in [0.15, 0.2) is 34.7 Å². The molecule has 106 valence electrons. The van der Waals surface area contributed by atoms with Gasteiger partial charge in [0.15, 0.2) is 0 Å². The van der Waals surface area contributed by atoms with Gasteiger partial charge in [-0.1, -0.05) is 11.6 Å². The van der Waals surface area contributed by atoms with Gasteiger partial charge in [-0.15, -0.1) is 0 Å². The number of hydrogen-bond acceptors (Lipinski definition) is 4. The van der Waals surface area contributed by atoms with Crippen molar-refractivity contribution in [2.24, 2.45) is 5.73 Å². The predicted molar refractivity (Wildman–Crippen MR) is 77.9 cm³/mol. The summed E-state index contributed by atoms with van der Waals surface area (Å²) in [6, 6.07) is 8.90. The maximum atomic E-state index is 11.9. The van der Waals surface area contributed by atoms with Crippen LogP contribution in [0.3, 0.4) is 0 Å². The largest absolute Gasteiger partial charge is 0.462 e. The van der Waals surface area contributed by atoms with Crippen LogP contribution in [0, 0.1) is 0 Å². The number of nitrogens with two attached hydrogens (primary N) is 1. The molecular formula is C15H16ClNO3. The Morgan fingerprint density at radius 3 is 2.65 bits per heavy atom. The number of furan rings is 1. The summed E-state index contributed by atoms with van der Waals surface area (Å²) >= 11 is 5.86. The van der Waals surface area contributed by atoms with Gasteiger partial charge < -0.3 is 14.9 Å². The first-order valence-corrected chi connectivity index (χ1v) is 6.79. The average Bonchev–Trinajstić information content (AvgIpc) is 2.84. The number of rotatable bonds is 5. The Balaban J connectivity index is 2.37. The van der Waals surface area contributed by atoms with E-state index in [1.54, 1.807) is 25.1 Å². The van der Waals surface area contributed by atoms with Crippen LogP contribution in [0.25, 0.3) is 11.3 Å². The third kappa shape index (κ3) is 3.21. The second-order valence-corrected chi connectivity index (χ2v) is 4.65. The molecule has 0 aliphatic rings. The molecule has 2 N–H and O–H groups in total. The Kier molecular flexibility index (Phi) is 4.82. The van der Waals surface area contributed by atoms with E-state index < -0.39 is 0 Å². The fourth-order valence-corrected chi connectivity index (χ4v) is 2.01. The van der Waals surface area contributed by atoms with Gasteiger partial charge in [0.25, 0.3) is 0 Å². The lowest BCUT2D eigenvalue weighted by Gasteiger charge is -2.00. The molecular weight excluding hydrogens is 278 g/mol. The van der Waals surface area contributed by atoms with Crippen LogP contribution in [-0.4, -0.2) is 19.1 Å². The lowest BCUT2D eigenvalue weighted by Crippen LogP contribution is -2.09. The van der Waals surface area contributed by atoms with Crippen molar-refractivity contribution in [2.45, 2.75) is 13.3 Å². The van der Waals surface area contributed by atoms with E-state index in [0.717, 1.165) is 5.56 Å². The Bertz CT molecular complexity index is 590. The predicted octanol–water partition coefficient (Wildman–Crippen LogP) is 3.28. The second kappa shape index (κ2) is 6.59. The zero-order chi connectivity index (χ0) is 14.5. The highest BCUT2D eigenvalue weighted by atomic mass is 35.5. The molecule has 5 heteroatoms. The molecule has 2 aromatic rings. The van der Waals surface area contributed by atoms with Gasteiger partial charge in [0.2, 0.25) is 0 Å². The Labute approximate surface area is 122 Å². The molecule has 0 radical (unpaired) electrons. The third-order valence-electron chi connectivity index (χ3n) is 2.80. The summed E-state index contributed by atoms with van der Waals surface area (Å²) in [6.07, 6.45) is 0.488. The van der Waals surface area contributed by atoms with Crippen LogP contribution in [0.4, 0.5) is 0 Å². The molecule has 0 saturated heterocycles. The Hall–Kier alpha value is -1.78. The first-order chi connectivity index (χ1) is 9.65. The fourth-order valence-electron chi connectivity index (χ4n) is 1.88. The topological polar surface area (TPSA) is 65.5 Å². The summed E-state index contributed by atoms with van der Waals surface area (Å²) in [4.78, 5) is 11.9. The van der Waals surface area contributed by atoms with Gasteiger partial charge in [-0.3, -0.25) is 0 Å². The van der Waals surface area contributed by atoms with Crippen molar-refractivity contribution in [3.63, 3.8) is 0 Å². The van der Waals surface area contributed by atoms with Crippen LogP contribution in [0.5, 0.6) is 0 Å². The summed E-state index contributed by atoms with van der Waals surface area (Å²) in [5.41, 5.74) is 6.82. The summed E-state index contributed by atoms with van der Waals surface area (Å²) in [5, 5.41) is 0.646. The highest BCUT2D eigenvalue weighted by Gasteiger charge is 2.19. The lowest BCUT2D eigenvalue weighted by molar-refractivity contribution is 0.0524. The van der Waals surface area contributed by atoms with E-state index in [0.29, 0.717) is 41.7 Å². The number of esters is 1. The van der Waals surface area contributed by atoms with Gasteiger partial charge in [-0.05, 0) is 43.8 Å². The monoisotopic (exact) mass is 293 g/mol. The first kappa shape index (κ1) is 14.6. The van der Waals surface area contributed by atoms with Gasteiger partial charge in [0.05, 0.1) is 6.61 Å². The Morgan fingerprint density at radius 2 is 2.05 bits per heavy atom. The quantitative estimate of drug-likeness (QED) is 0.859. The van der Waals surface area contributed by atoms with Gasteiger partial charge in [-0.2, -0.15) is 0 Å². The smallest absolute Gasteiger partial charge is 0.341 e. The van der Waals surface area contributed by atoms with E-state index in [2.05, 4.69) is 0 Å². The van der Waals surface area contributed by atoms with E-state index in [9.17, 15) is 4.79 Å². The SMILES string of the molecule is CCOC(=O)c1cc(-c2ccc(Cl)cc2)oc1CCN. The van der Waals surface area contributed by atoms with Crippen LogP contribution in [0.2, 0.25) is 5.02 Å². The summed E-state index contributed by atoms with van der Waals surface area (Å²) in [6.45, 7) is 2.49. The minimum Gasteiger partial charge on any atom is -0.462 e. The van der Waals surface area contributed by atoms with Crippen LogP contribution in [0.1, 0.15) is 23.0 Å². The van der Waals surface area contributed by atoms with Gasteiger partial charge in [0, 0.05) is 17.0 Å². The van der Waals surface area contributed by atoms with Crippen molar-refractivity contribution in [3.05, 3.63) is 46.7 Å². The zero-order valence-corrected chi connectivity index (χ0v) is 11.9. The minimum absolute atomic E-state index is 0.322. The highest BCUT2D eigenvalue weighted by molar-refractivity contribution is 6.30. The molecule has 0 bridgehead atoms. The highest BCUT2D eigenvalue weighted by Crippen LogP contribution is 2.27. The van der Waals surface area contributed by atoms with Crippen molar-refractivity contribution in [2.75, 3.05) is 13.2 Å². The zero-order valence-electron chi connectivity index (χ0n) is 11.2. The molecule has 0 amide bonds. The molecule has 2 rings (SSSR count). The van der Waals surface area contributed by atoms with E-state index in [4.69, 9.17) is 26.5 Å². The average molecular weight is 294 g/mol. The van der Waals surface area contributed by atoms with E-state index in [1.165, 1.54) is 0 Å². The molecule has 0 fully saturated rings. The van der Waals surface area contributed by atoms with Crippen molar-refractivity contribution in [1.82, 2.24) is 0 Å². The summed E-state index contributed by atoms with van der Waals surface area (Å²) in [5.74, 6) is 0.768. The maximum Gasteiger partial charge on any atom is 0.341 e.